The second-order valence-corrected chi connectivity index (χ2v) is 10.7. The minimum Gasteiger partial charge on any atom is -0.380 e. The highest BCUT2D eigenvalue weighted by Gasteiger charge is 2.15. The Morgan fingerprint density at radius 3 is 1.44 bits per heavy atom. The highest BCUT2D eigenvalue weighted by Crippen LogP contribution is 2.36. The number of hydrogen-bond donors (Lipinski definition) is 7. The molecule has 0 fully saturated rings. The normalized spacial score (nSPS) is 10.3. The highest BCUT2D eigenvalue weighted by molar-refractivity contribution is 14.0. The number of aromatic nitrogens is 3. The third kappa shape index (κ3) is 12.1. The summed E-state index contributed by atoms with van der Waals surface area (Å²) in [7, 11) is 0. The fourth-order valence-corrected chi connectivity index (χ4v) is 5.20. The summed E-state index contributed by atoms with van der Waals surface area (Å²) < 4.78 is 0. The Morgan fingerprint density at radius 1 is 0.519 bits per heavy atom. The standard InChI is InChI=1S/C36H34N12.4HI/c37-35(43-21-26-10-16-40-17-11-26)47-45-23-31-28-4-1-2-5-29(28)32(24-46-48-36(38)44-22-27-12-18-41-19-13-27)34-30(31)6-3-7-33(34)42-20-25-8-14-39-15-9-25;;;;/h1-19,23-24,42H,20-22H2,(H3,37,43,47)(H3,38,44,48);4*1H. The predicted octanol–water partition coefficient (Wildman–Crippen LogP) is 7.56. The van der Waals surface area contributed by atoms with Gasteiger partial charge in [-0.2, -0.15) is 10.2 Å². The molecule has 0 amide bonds. The Hall–Kier alpha value is -3.77. The zero-order chi connectivity index (χ0) is 33.0. The Kier molecular flexibility index (Phi) is 19.6. The molecule has 0 radical (unpaired) electrons. The van der Waals surface area contributed by atoms with Crippen LogP contribution in [0.5, 0.6) is 0 Å². The van der Waals surface area contributed by atoms with Crippen LogP contribution < -0.4 is 26.8 Å². The Morgan fingerprint density at radius 2 is 0.942 bits per heavy atom. The molecule has 3 aromatic heterocycles. The average molecular weight is 1150 g/mol. The van der Waals surface area contributed by atoms with Gasteiger partial charge in [0, 0.05) is 79.0 Å². The van der Waals surface area contributed by atoms with Crippen molar-refractivity contribution < 1.29 is 0 Å². The van der Waals surface area contributed by atoms with E-state index in [1.54, 1.807) is 49.6 Å². The molecule has 0 aliphatic carbocycles. The van der Waals surface area contributed by atoms with E-state index in [0.717, 1.165) is 55.0 Å². The van der Waals surface area contributed by atoms with Crippen molar-refractivity contribution in [3.05, 3.63) is 144 Å². The lowest BCUT2D eigenvalue weighted by Gasteiger charge is -2.17. The lowest BCUT2D eigenvalue weighted by molar-refractivity contribution is 0.836. The lowest BCUT2D eigenvalue weighted by Crippen LogP contribution is -2.32. The van der Waals surface area contributed by atoms with Crippen LogP contribution in [0.1, 0.15) is 27.8 Å². The molecule has 6 aromatic rings. The molecular formula is C36H38I4N12. The van der Waals surface area contributed by atoms with E-state index in [4.69, 9.17) is 10.8 Å². The number of nitrogens with one attached hydrogen (secondary N) is 7. The molecule has 16 heteroatoms. The number of guanidine groups is 2. The number of rotatable bonds is 11. The molecule has 52 heavy (non-hydrogen) atoms. The number of fused-ring (bicyclic) bond motifs is 2. The number of nitrogens with zero attached hydrogens (tertiary/aromatic N) is 5. The average Bonchev–Trinajstić information content (AvgIpc) is 3.14. The van der Waals surface area contributed by atoms with Gasteiger partial charge in [0.05, 0.1) is 12.4 Å². The number of benzene rings is 3. The number of hydrogen-bond acceptors (Lipinski definition) is 8. The van der Waals surface area contributed by atoms with Crippen LogP contribution in [-0.2, 0) is 19.6 Å². The number of pyridine rings is 3. The molecule has 0 spiro atoms. The van der Waals surface area contributed by atoms with Crippen LogP contribution in [0.25, 0.3) is 21.5 Å². The zero-order valence-corrected chi connectivity index (χ0v) is 36.9. The Labute approximate surface area is 370 Å². The molecule has 0 unspecified atom stereocenters. The molecular weight excluding hydrogens is 1110 g/mol. The van der Waals surface area contributed by atoms with Crippen molar-refractivity contribution in [2.45, 2.75) is 19.6 Å². The Bertz CT molecular complexity index is 2080. The smallest absolute Gasteiger partial charge is 0.209 e. The second-order valence-electron chi connectivity index (χ2n) is 10.7. The van der Waals surface area contributed by atoms with E-state index >= 15 is 0 Å². The van der Waals surface area contributed by atoms with Crippen LogP contribution in [0, 0.1) is 10.8 Å². The van der Waals surface area contributed by atoms with Gasteiger partial charge in [-0.25, -0.2) is 10.9 Å². The number of anilines is 1. The maximum Gasteiger partial charge on any atom is 0.209 e. The molecule has 0 aliphatic rings. The molecule has 0 saturated heterocycles. The van der Waals surface area contributed by atoms with E-state index < -0.39 is 0 Å². The molecule has 270 valence electrons. The first kappa shape index (κ1) is 44.4. The summed E-state index contributed by atoms with van der Waals surface area (Å²) in [4.78, 5) is 12.2. The summed E-state index contributed by atoms with van der Waals surface area (Å²) in [5.74, 6) is 0.147. The van der Waals surface area contributed by atoms with E-state index in [9.17, 15) is 0 Å². The van der Waals surface area contributed by atoms with Gasteiger partial charge >= 0.3 is 0 Å². The SMILES string of the molecule is I.I.I.I.N=C(NCc1ccncc1)NN=Cc1c2ccccc2c(C=NNC(=N)NCc2ccncc2)c2c(NCc3ccncc3)cccc12. The summed E-state index contributed by atoms with van der Waals surface area (Å²) in [5.41, 5.74) is 11.4. The third-order valence-electron chi connectivity index (χ3n) is 7.54. The van der Waals surface area contributed by atoms with Gasteiger partial charge in [-0.3, -0.25) is 25.8 Å². The first-order valence-corrected chi connectivity index (χ1v) is 15.3. The van der Waals surface area contributed by atoms with E-state index in [-0.39, 0.29) is 108 Å². The van der Waals surface area contributed by atoms with E-state index in [2.05, 4.69) is 58.0 Å². The maximum atomic E-state index is 8.34. The van der Waals surface area contributed by atoms with Gasteiger partial charge < -0.3 is 16.0 Å². The number of hydrazone groups is 2. The van der Waals surface area contributed by atoms with Crippen LogP contribution in [-0.4, -0.2) is 39.3 Å². The minimum atomic E-state index is 0. The third-order valence-corrected chi connectivity index (χ3v) is 7.54. The van der Waals surface area contributed by atoms with Crippen molar-refractivity contribution in [1.29, 1.82) is 10.8 Å². The molecule has 0 bridgehead atoms. The molecule has 7 N–H and O–H groups in total. The van der Waals surface area contributed by atoms with Crippen LogP contribution in [0.4, 0.5) is 5.69 Å². The van der Waals surface area contributed by atoms with Crippen molar-refractivity contribution in [2.24, 2.45) is 10.2 Å². The quantitative estimate of drug-likeness (QED) is 0.0229. The summed E-state index contributed by atoms with van der Waals surface area (Å²) in [6.45, 7) is 1.54. The monoisotopic (exact) mass is 1150 g/mol. The van der Waals surface area contributed by atoms with Gasteiger partial charge in [0.15, 0.2) is 0 Å². The molecule has 12 nitrogen and oxygen atoms in total. The zero-order valence-electron chi connectivity index (χ0n) is 27.6. The summed E-state index contributed by atoms with van der Waals surface area (Å²) >= 11 is 0. The lowest BCUT2D eigenvalue weighted by atomic mass is 9.91. The maximum absolute atomic E-state index is 8.34. The van der Waals surface area contributed by atoms with E-state index in [0.29, 0.717) is 19.6 Å². The fraction of sp³-hybridized carbons (Fsp3) is 0.0833. The van der Waals surface area contributed by atoms with Crippen LogP contribution in [0.2, 0.25) is 0 Å². The van der Waals surface area contributed by atoms with E-state index in [1.165, 1.54) is 0 Å². The predicted molar refractivity (Wildman–Crippen MR) is 254 cm³/mol. The van der Waals surface area contributed by atoms with Crippen LogP contribution in [0.3, 0.4) is 0 Å². The minimum absolute atomic E-state index is 0. The van der Waals surface area contributed by atoms with Crippen molar-refractivity contribution in [1.82, 2.24) is 36.4 Å². The Balaban J connectivity index is 0.00000234. The summed E-state index contributed by atoms with van der Waals surface area (Å²) in [6, 6.07) is 25.7. The molecule has 3 aromatic carbocycles. The molecule has 6 rings (SSSR count). The number of halogens is 4. The van der Waals surface area contributed by atoms with Gasteiger partial charge in [-0.05, 0) is 75.3 Å². The first-order chi connectivity index (χ1) is 23.7. The highest BCUT2D eigenvalue weighted by atomic mass is 127. The van der Waals surface area contributed by atoms with Crippen LogP contribution >= 0.6 is 95.9 Å². The summed E-state index contributed by atoms with van der Waals surface area (Å²) in [5, 5.41) is 39.0. The fourth-order valence-electron chi connectivity index (χ4n) is 5.20. The van der Waals surface area contributed by atoms with Gasteiger partial charge in [0.2, 0.25) is 11.9 Å². The van der Waals surface area contributed by atoms with Crippen molar-refractivity contribution in [2.75, 3.05) is 5.32 Å². The topological polar surface area (TPSA) is 171 Å². The van der Waals surface area contributed by atoms with Crippen LogP contribution in [0.15, 0.2) is 126 Å². The largest absolute Gasteiger partial charge is 0.380 e. The second kappa shape index (κ2) is 23.0. The van der Waals surface area contributed by atoms with Crippen molar-refractivity contribution >= 4 is 147 Å². The van der Waals surface area contributed by atoms with Gasteiger partial charge in [0.1, 0.15) is 0 Å². The molecule has 0 saturated carbocycles. The summed E-state index contributed by atoms with van der Waals surface area (Å²) in [6.07, 6.45) is 13.9. The van der Waals surface area contributed by atoms with Gasteiger partial charge in [-0.1, -0.05) is 36.4 Å². The first-order valence-electron chi connectivity index (χ1n) is 15.3. The molecule has 0 aliphatic heterocycles. The van der Waals surface area contributed by atoms with E-state index in [1.807, 2.05) is 72.8 Å². The van der Waals surface area contributed by atoms with Gasteiger partial charge in [0.25, 0.3) is 0 Å². The van der Waals surface area contributed by atoms with Crippen molar-refractivity contribution in [3.63, 3.8) is 0 Å². The molecule has 0 atom stereocenters. The van der Waals surface area contributed by atoms with Gasteiger partial charge in [-0.15, -0.1) is 95.9 Å². The molecule has 3 heterocycles. The van der Waals surface area contributed by atoms with Crippen molar-refractivity contribution in [3.8, 4) is 0 Å².